The van der Waals surface area contributed by atoms with E-state index in [1.807, 2.05) is 23.1 Å². The van der Waals surface area contributed by atoms with Crippen molar-refractivity contribution >= 4 is 35.6 Å². The van der Waals surface area contributed by atoms with E-state index >= 15 is 0 Å². The van der Waals surface area contributed by atoms with E-state index in [9.17, 15) is 4.79 Å². The standard InChI is InChI=1S/C19H28ClN3O.ClH/c1-15(16-4-3-7-21-14-16)12-19(24)23-10-8-22(9-11-23)18-6-2-5-17(20)13-18;/h2,5-6,13,15-16,21H,3-4,7-12,14H2,1H3;1H. The fourth-order valence-corrected chi connectivity index (χ4v) is 4.01. The highest BCUT2D eigenvalue weighted by molar-refractivity contribution is 6.30. The molecule has 2 aliphatic rings. The first-order valence-electron chi connectivity index (χ1n) is 9.12. The van der Waals surface area contributed by atoms with Crippen molar-refractivity contribution in [2.45, 2.75) is 26.2 Å². The molecule has 2 unspecified atom stereocenters. The summed E-state index contributed by atoms with van der Waals surface area (Å²) in [5.41, 5.74) is 1.15. The van der Waals surface area contributed by atoms with E-state index in [2.05, 4.69) is 23.2 Å². The van der Waals surface area contributed by atoms with Crippen LogP contribution in [0.3, 0.4) is 0 Å². The number of hydrogen-bond donors (Lipinski definition) is 1. The van der Waals surface area contributed by atoms with Gasteiger partial charge in [-0.1, -0.05) is 24.6 Å². The van der Waals surface area contributed by atoms with E-state index in [4.69, 9.17) is 11.6 Å². The van der Waals surface area contributed by atoms with E-state index in [0.717, 1.165) is 50.0 Å². The molecular formula is C19H29Cl2N3O. The van der Waals surface area contributed by atoms with Crippen molar-refractivity contribution in [1.82, 2.24) is 10.2 Å². The Balaban J connectivity index is 0.00000225. The van der Waals surface area contributed by atoms with Gasteiger partial charge in [0.25, 0.3) is 0 Å². The summed E-state index contributed by atoms with van der Waals surface area (Å²) in [6.07, 6.45) is 3.18. The molecule has 3 rings (SSSR count). The first kappa shape index (κ1) is 20.3. The fourth-order valence-electron chi connectivity index (χ4n) is 3.82. The van der Waals surface area contributed by atoms with Gasteiger partial charge in [-0.25, -0.2) is 0 Å². The van der Waals surface area contributed by atoms with Crippen LogP contribution in [0.25, 0.3) is 0 Å². The number of benzene rings is 1. The number of carbonyl (C=O) groups is 1. The Bertz CT molecular complexity index is 555. The Morgan fingerprint density at radius 2 is 2.08 bits per heavy atom. The summed E-state index contributed by atoms with van der Waals surface area (Å²) in [5.74, 6) is 1.44. The molecule has 140 valence electrons. The molecule has 1 amide bonds. The summed E-state index contributed by atoms with van der Waals surface area (Å²) in [6.45, 7) is 7.80. The fraction of sp³-hybridized carbons (Fsp3) is 0.632. The van der Waals surface area contributed by atoms with Crippen LogP contribution in [-0.4, -0.2) is 50.1 Å². The predicted octanol–water partition coefficient (Wildman–Crippen LogP) is 3.44. The molecule has 6 heteroatoms. The average Bonchev–Trinajstić information content (AvgIpc) is 2.62. The van der Waals surface area contributed by atoms with Gasteiger partial charge < -0.3 is 15.1 Å². The molecule has 1 aromatic carbocycles. The number of anilines is 1. The zero-order valence-corrected chi connectivity index (χ0v) is 16.5. The molecule has 2 heterocycles. The minimum absolute atomic E-state index is 0. The van der Waals surface area contributed by atoms with Crippen LogP contribution in [-0.2, 0) is 4.79 Å². The van der Waals surface area contributed by atoms with Gasteiger partial charge in [-0.05, 0) is 56.0 Å². The Kier molecular flexibility index (Phi) is 7.85. The highest BCUT2D eigenvalue weighted by Crippen LogP contribution is 2.24. The molecule has 0 saturated carbocycles. The molecule has 0 aromatic heterocycles. The summed E-state index contributed by atoms with van der Waals surface area (Å²) < 4.78 is 0. The minimum Gasteiger partial charge on any atom is -0.368 e. The quantitative estimate of drug-likeness (QED) is 0.861. The van der Waals surface area contributed by atoms with Crippen molar-refractivity contribution in [1.29, 1.82) is 0 Å². The van der Waals surface area contributed by atoms with Crippen LogP contribution >= 0.6 is 24.0 Å². The third-order valence-corrected chi connectivity index (χ3v) is 5.68. The Morgan fingerprint density at radius 3 is 2.72 bits per heavy atom. The number of piperidine rings is 1. The second kappa shape index (κ2) is 9.65. The molecule has 0 spiro atoms. The largest absolute Gasteiger partial charge is 0.368 e. The van der Waals surface area contributed by atoms with Crippen molar-refractivity contribution in [2.75, 3.05) is 44.2 Å². The lowest BCUT2D eigenvalue weighted by atomic mass is 9.85. The molecular weight excluding hydrogens is 357 g/mol. The Labute approximate surface area is 162 Å². The van der Waals surface area contributed by atoms with Gasteiger partial charge in [-0.3, -0.25) is 4.79 Å². The number of nitrogens with zero attached hydrogens (tertiary/aromatic N) is 2. The van der Waals surface area contributed by atoms with Crippen LogP contribution in [0.4, 0.5) is 5.69 Å². The van der Waals surface area contributed by atoms with Crippen molar-refractivity contribution in [3.05, 3.63) is 29.3 Å². The summed E-state index contributed by atoms with van der Waals surface area (Å²) in [5, 5.41) is 4.22. The molecule has 2 atom stereocenters. The van der Waals surface area contributed by atoms with Crippen molar-refractivity contribution in [3.63, 3.8) is 0 Å². The molecule has 2 fully saturated rings. The lowest BCUT2D eigenvalue weighted by Gasteiger charge is -2.37. The molecule has 2 saturated heterocycles. The lowest BCUT2D eigenvalue weighted by Crippen LogP contribution is -2.49. The van der Waals surface area contributed by atoms with Crippen LogP contribution in [0.15, 0.2) is 24.3 Å². The topological polar surface area (TPSA) is 35.6 Å². The highest BCUT2D eigenvalue weighted by atomic mass is 35.5. The minimum atomic E-state index is 0. The molecule has 2 aliphatic heterocycles. The predicted molar refractivity (Wildman–Crippen MR) is 107 cm³/mol. The number of hydrogen-bond acceptors (Lipinski definition) is 3. The maximum Gasteiger partial charge on any atom is 0.222 e. The van der Waals surface area contributed by atoms with Crippen LogP contribution in [0.1, 0.15) is 26.2 Å². The number of nitrogens with one attached hydrogen (secondary N) is 1. The van der Waals surface area contributed by atoms with E-state index in [0.29, 0.717) is 24.2 Å². The zero-order valence-electron chi connectivity index (χ0n) is 14.9. The van der Waals surface area contributed by atoms with Gasteiger partial charge in [0.05, 0.1) is 0 Å². The van der Waals surface area contributed by atoms with Crippen molar-refractivity contribution in [2.24, 2.45) is 11.8 Å². The zero-order chi connectivity index (χ0) is 16.9. The second-order valence-electron chi connectivity index (χ2n) is 7.14. The van der Waals surface area contributed by atoms with Crippen LogP contribution in [0.2, 0.25) is 5.02 Å². The lowest BCUT2D eigenvalue weighted by molar-refractivity contribution is -0.132. The SMILES string of the molecule is CC(CC(=O)N1CCN(c2cccc(Cl)c2)CC1)C1CCCNC1.Cl. The molecule has 0 radical (unpaired) electrons. The molecule has 25 heavy (non-hydrogen) atoms. The van der Waals surface area contributed by atoms with Gasteiger partial charge in [0.2, 0.25) is 5.91 Å². The number of rotatable bonds is 4. The van der Waals surface area contributed by atoms with Gasteiger partial charge in [-0.15, -0.1) is 12.4 Å². The summed E-state index contributed by atoms with van der Waals surface area (Å²) in [6, 6.07) is 7.96. The van der Waals surface area contributed by atoms with E-state index in [1.54, 1.807) is 0 Å². The molecule has 1 aromatic rings. The normalized spacial score (nSPS) is 22.2. The van der Waals surface area contributed by atoms with E-state index < -0.39 is 0 Å². The van der Waals surface area contributed by atoms with Gasteiger partial charge in [0.1, 0.15) is 0 Å². The van der Waals surface area contributed by atoms with Gasteiger partial charge >= 0.3 is 0 Å². The van der Waals surface area contributed by atoms with Gasteiger partial charge in [0.15, 0.2) is 0 Å². The number of halogens is 2. The summed E-state index contributed by atoms with van der Waals surface area (Å²) in [7, 11) is 0. The maximum atomic E-state index is 12.6. The smallest absolute Gasteiger partial charge is 0.222 e. The van der Waals surface area contributed by atoms with Crippen LogP contribution in [0, 0.1) is 11.8 Å². The monoisotopic (exact) mass is 385 g/mol. The van der Waals surface area contributed by atoms with Crippen molar-refractivity contribution < 1.29 is 4.79 Å². The van der Waals surface area contributed by atoms with E-state index in [1.165, 1.54) is 12.8 Å². The molecule has 0 bridgehead atoms. The molecule has 0 aliphatic carbocycles. The van der Waals surface area contributed by atoms with Crippen molar-refractivity contribution in [3.8, 4) is 0 Å². The average molecular weight is 386 g/mol. The number of carbonyl (C=O) groups excluding carboxylic acids is 1. The Hall–Kier alpha value is -0.970. The third-order valence-electron chi connectivity index (χ3n) is 5.44. The highest BCUT2D eigenvalue weighted by Gasteiger charge is 2.26. The van der Waals surface area contributed by atoms with Gasteiger partial charge in [-0.2, -0.15) is 0 Å². The number of amides is 1. The second-order valence-corrected chi connectivity index (χ2v) is 7.57. The number of piperazine rings is 1. The summed E-state index contributed by atoms with van der Waals surface area (Å²) >= 11 is 6.08. The third kappa shape index (κ3) is 5.50. The van der Waals surface area contributed by atoms with Crippen LogP contribution < -0.4 is 10.2 Å². The van der Waals surface area contributed by atoms with Gasteiger partial charge in [0, 0.05) is 43.3 Å². The molecule has 1 N–H and O–H groups in total. The first-order chi connectivity index (χ1) is 11.6. The maximum absolute atomic E-state index is 12.6. The molecule has 4 nitrogen and oxygen atoms in total. The van der Waals surface area contributed by atoms with Crippen LogP contribution in [0.5, 0.6) is 0 Å². The first-order valence-corrected chi connectivity index (χ1v) is 9.50. The summed E-state index contributed by atoms with van der Waals surface area (Å²) in [4.78, 5) is 17.0. The Morgan fingerprint density at radius 1 is 1.32 bits per heavy atom. The van der Waals surface area contributed by atoms with E-state index in [-0.39, 0.29) is 12.4 Å².